The van der Waals surface area contributed by atoms with Crippen molar-refractivity contribution in [3.8, 4) is 0 Å². The Kier molecular flexibility index (Phi) is 5.81. The third-order valence-electron chi connectivity index (χ3n) is 3.12. The molecule has 0 aromatic carbocycles. The molecule has 108 valence electrons. The second-order valence-electron chi connectivity index (χ2n) is 4.64. The van der Waals surface area contributed by atoms with Gasteiger partial charge < -0.3 is 14.7 Å². The molecule has 0 aromatic heterocycles. The minimum atomic E-state index is -1.01. The summed E-state index contributed by atoms with van der Waals surface area (Å²) in [6, 6.07) is -0.831. The van der Waals surface area contributed by atoms with Gasteiger partial charge in [0.05, 0.1) is 6.10 Å². The van der Waals surface area contributed by atoms with Crippen LogP contribution in [0.25, 0.3) is 0 Å². The predicted octanol–water partition coefficient (Wildman–Crippen LogP) is 0.603. The minimum Gasteiger partial charge on any atom is -0.480 e. The van der Waals surface area contributed by atoms with Crippen molar-refractivity contribution in [2.75, 3.05) is 19.4 Å². The van der Waals surface area contributed by atoms with Gasteiger partial charge in [-0.1, -0.05) is 18.7 Å². The molecule has 3 atom stereocenters. The molecule has 1 amide bonds. The molecule has 1 N–H and O–H groups in total. The Hall–Kier alpha value is -1.08. The van der Waals surface area contributed by atoms with Crippen LogP contribution in [-0.4, -0.2) is 58.6 Å². The van der Waals surface area contributed by atoms with Crippen molar-refractivity contribution in [3.63, 3.8) is 0 Å². The highest BCUT2D eigenvalue weighted by molar-refractivity contribution is 8.13. The zero-order valence-electron chi connectivity index (χ0n) is 11.3. The Morgan fingerprint density at radius 1 is 1.47 bits per heavy atom. The molecule has 19 heavy (non-hydrogen) atoms. The SMILES string of the molecule is CO[C@@H]1C[C@@H](C(=O)O)N(C(=O)C(C)CSC(C)=O)C1. The van der Waals surface area contributed by atoms with E-state index >= 15 is 0 Å². The number of carbonyl (C=O) groups excluding carboxylic acids is 2. The molecule has 0 saturated carbocycles. The van der Waals surface area contributed by atoms with Gasteiger partial charge in [0.25, 0.3) is 0 Å². The highest BCUT2D eigenvalue weighted by atomic mass is 32.2. The van der Waals surface area contributed by atoms with Gasteiger partial charge in [-0.15, -0.1) is 0 Å². The van der Waals surface area contributed by atoms with Gasteiger partial charge in [-0.2, -0.15) is 0 Å². The molecular formula is C12H19NO5S. The van der Waals surface area contributed by atoms with E-state index in [0.29, 0.717) is 18.7 Å². The van der Waals surface area contributed by atoms with Crippen LogP contribution in [0.2, 0.25) is 0 Å². The van der Waals surface area contributed by atoms with Gasteiger partial charge in [0, 0.05) is 38.7 Å². The lowest BCUT2D eigenvalue weighted by atomic mass is 10.1. The number of rotatable bonds is 5. The molecule has 1 saturated heterocycles. The quantitative estimate of drug-likeness (QED) is 0.798. The van der Waals surface area contributed by atoms with Crippen LogP contribution in [0.4, 0.5) is 0 Å². The Labute approximate surface area is 116 Å². The van der Waals surface area contributed by atoms with Crippen molar-refractivity contribution >= 4 is 28.8 Å². The van der Waals surface area contributed by atoms with Crippen molar-refractivity contribution in [2.24, 2.45) is 5.92 Å². The first kappa shape index (κ1) is 16.0. The molecule has 0 aromatic rings. The number of likely N-dealkylation sites (tertiary alicyclic amines) is 1. The van der Waals surface area contributed by atoms with Gasteiger partial charge in [-0.25, -0.2) is 4.79 Å². The first-order valence-corrected chi connectivity index (χ1v) is 7.04. The zero-order valence-corrected chi connectivity index (χ0v) is 12.1. The molecule has 1 rings (SSSR count). The van der Waals surface area contributed by atoms with Gasteiger partial charge >= 0.3 is 5.97 Å². The summed E-state index contributed by atoms with van der Waals surface area (Å²) in [6.07, 6.45) is 0.0714. The number of amides is 1. The Morgan fingerprint density at radius 3 is 2.58 bits per heavy atom. The molecule has 0 bridgehead atoms. The van der Waals surface area contributed by atoms with Gasteiger partial charge in [-0.05, 0) is 0 Å². The summed E-state index contributed by atoms with van der Waals surface area (Å²) in [7, 11) is 1.51. The van der Waals surface area contributed by atoms with Gasteiger partial charge in [-0.3, -0.25) is 9.59 Å². The van der Waals surface area contributed by atoms with Crippen LogP contribution in [-0.2, 0) is 19.1 Å². The molecule has 0 aliphatic carbocycles. The lowest BCUT2D eigenvalue weighted by Gasteiger charge is -2.24. The lowest BCUT2D eigenvalue weighted by Crippen LogP contribution is -2.43. The first-order chi connectivity index (χ1) is 8.86. The van der Waals surface area contributed by atoms with E-state index in [-0.39, 0.29) is 23.0 Å². The number of carbonyl (C=O) groups is 3. The fourth-order valence-electron chi connectivity index (χ4n) is 2.04. The maximum atomic E-state index is 12.2. The third-order valence-corrected chi connectivity index (χ3v) is 4.20. The molecule has 1 fully saturated rings. The maximum absolute atomic E-state index is 12.2. The van der Waals surface area contributed by atoms with Gasteiger partial charge in [0.2, 0.25) is 5.91 Å². The molecule has 6 nitrogen and oxygen atoms in total. The summed E-state index contributed by atoms with van der Waals surface area (Å²) in [4.78, 5) is 35.6. The highest BCUT2D eigenvalue weighted by Crippen LogP contribution is 2.23. The molecule has 1 unspecified atom stereocenters. The van der Waals surface area contributed by atoms with Crippen LogP contribution >= 0.6 is 11.8 Å². The van der Waals surface area contributed by atoms with E-state index in [4.69, 9.17) is 9.84 Å². The van der Waals surface area contributed by atoms with Gasteiger partial charge in [0.1, 0.15) is 6.04 Å². The summed E-state index contributed by atoms with van der Waals surface area (Å²) in [6.45, 7) is 3.44. The van der Waals surface area contributed by atoms with Crippen LogP contribution in [0.15, 0.2) is 0 Å². The zero-order chi connectivity index (χ0) is 14.6. The average molecular weight is 289 g/mol. The summed E-state index contributed by atoms with van der Waals surface area (Å²) in [5.74, 6) is -1.26. The standard InChI is InChI=1S/C12H19NO5S/c1-7(6-19-8(2)14)11(15)13-5-9(18-3)4-10(13)12(16)17/h7,9-10H,4-6H2,1-3H3,(H,16,17)/t7?,9-,10+/m1/s1. The first-order valence-electron chi connectivity index (χ1n) is 6.06. The van der Waals surface area contributed by atoms with Crippen LogP contribution in [0.5, 0.6) is 0 Å². The van der Waals surface area contributed by atoms with Crippen molar-refractivity contribution in [1.82, 2.24) is 4.90 Å². The second kappa shape index (κ2) is 6.91. The fraction of sp³-hybridized carbons (Fsp3) is 0.750. The van der Waals surface area contributed by atoms with Crippen LogP contribution in [0.1, 0.15) is 20.3 Å². The average Bonchev–Trinajstić information content (AvgIpc) is 2.79. The third kappa shape index (κ3) is 4.21. The van der Waals surface area contributed by atoms with Crippen molar-refractivity contribution < 1.29 is 24.2 Å². The summed E-state index contributed by atoms with van der Waals surface area (Å²) < 4.78 is 5.13. The Bertz CT molecular complexity index is 373. The van der Waals surface area contributed by atoms with E-state index in [9.17, 15) is 14.4 Å². The number of aliphatic carboxylic acids is 1. The largest absolute Gasteiger partial charge is 0.480 e. The highest BCUT2D eigenvalue weighted by Gasteiger charge is 2.40. The Balaban J connectivity index is 2.67. The molecule has 0 radical (unpaired) electrons. The molecule has 7 heteroatoms. The number of hydrogen-bond donors (Lipinski definition) is 1. The van der Waals surface area contributed by atoms with E-state index < -0.39 is 12.0 Å². The second-order valence-corrected chi connectivity index (χ2v) is 5.84. The summed E-state index contributed by atoms with van der Waals surface area (Å²) in [5.41, 5.74) is 0. The molecule has 1 aliphatic rings. The molecule has 1 aliphatic heterocycles. The van der Waals surface area contributed by atoms with Crippen LogP contribution in [0.3, 0.4) is 0 Å². The van der Waals surface area contributed by atoms with Crippen LogP contribution < -0.4 is 0 Å². The van der Waals surface area contributed by atoms with Crippen molar-refractivity contribution in [2.45, 2.75) is 32.4 Å². The van der Waals surface area contributed by atoms with Gasteiger partial charge in [0.15, 0.2) is 5.12 Å². The number of ether oxygens (including phenoxy) is 1. The van der Waals surface area contributed by atoms with E-state index in [1.165, 1.54) is 18.9 Å². The number of nitrogens with zero attached hydrogens (tertiary/aromatic N) is 1. The minimum absolute atomic E-state index is 0.0503. The van der Waals surface area contributed by atoms with Crippen molar-refractivity contribution in [3.05, 3.63) is 0 Å². The lowest BCUT2D eigenvalue weighted by molar-refractivity contribution is -0.149. The molecule has 0 spiro atoms. The van der Waals surface area contributed by atoms with Crippen LogP contribution in [0, 0.1) is 5.92 Å². The van der Waals surface area contributed by atoms with Crippen molar-refractivity contribution in [1.29, 1.82) is 0 Å². The number of methoxy groups -OCH3 is 1. The topological polar surface area (TPSA) is 83.9 Å². The van der Waals surface area contributed by atoms with E-state index in [1.54, 1.807) is 6.92 Å². The Morgan fingerprint density at radius 2 is 2.11 bits per heavy atom. The van der Waals surface area contributed by atoms with E-state index in [0.717, 1.165) is 11.8 Å². The number of hydrogen-bond acceptors (Lipinski definition) is 5. The molecule has 1 heterocycles. The number of carboxylic acid groups (broad SMARTS) is 1. The monoisotopic (exact) mass is 289 g/mol. The number of carboxylic acids is 1. The summed E-state index contributed by atoms with van der Waals surface area (Å²) >= 11 is 1.08. The summed E-state index contributed by atoms with van der Waals surface area (Å²) in [5, 5.41) is 9.09. The van der Waals surface area contributed by atoms with E-state index in [2.05, 4.69) is 0 Å². The maximum Gasteiger partial charge on any atom is 0.326 e. The normalized spacial score (nSPS) is 24.3. The number of thioether (sulfide) groups is 1. The fourth-order valence-corrected chi connectivity index (χ4v) is 2.67. The molecular weight excluding hydrogens is 270 g/mol. The predicted molar refractivity (Wildman–Crippen MR) is 70.9 cm³/mol. The smallest absolute Gasteiger partial charge is 0.326 e. The van der Waals surface area contributed by atoms with E-state index in [1.807, 2.05) is 0 Å².